The van der Waals surface area contributed by atoms with Crippen molar-refractivity contribution in [2.24, 2.45) is 5.73 Å². The van der Waals surface area contributed by atoms with Crippen LogP contribution in [0.2, 0.25) is 0 Å². The van der Waals surface area contributed by atoms with Crippen molar-refractivity contribution in [3.63, 3.8) is 0 Å². The zero-order chi connectivity index (χ0) is 26.5. The summed E-state index contributed by atoms with van der Waals surface area (Å²) in [7, 11) is 1.40. The quantitative estimate of drug-likeness (QED) is 0.219. The fraction of sp³-hybridized carbons (Fsp3) is 0.391. The molecule has 0 spiro atoms. The van der Waals surface area contributed by atoms with E-state index in [-0.39, 0.29) is 24.0 Å². The zero-order valence-electron chi connectivity index (χ0n) is 20.5. The lowest BCUT2D eigenvalue weighted by molar-refractivity contribution is -0.128. The highest BCUT2D eigenvalue weighted by molar-refractivity contribution is 5.98. The summed E-state index contributed by atoms with van der Waals surface area (Å²) in [4.78, 5) is 55.6. The van der Waals surface area contributed by atoms with Crippen molar-refractivity contribution in [1.29, 1.82) is 0 Å². The van der Waals surface area contributed by atoms with E-state index in [1.54, 1.807) is 24.3 Å². The van der Waals surface area contributed by atoms with E-state index in [2.05, 4.69) is 36.6 Å². The number of benzene rings is 1. The molecule has 0 fully saturated rings. The predicted molar refractivity (Wildman–Crippen MR) is 134 cm³/mol. The molecule has 0 saturated heterocycles. The first kappa shape index (κ1) is 27.8. The molecule has 0 radical (unpaired) electrons. The largest absolute Gasteiger partial charge is 0.436 e. The van der Waals surface area contributed by atoms with E-state index in [1.807, 2.05) is 6.92 Å². The van der Waals surface area contributed by atoms with E-state index < -0.39 is 24.0 Å². The molecule has 194 valence electrons. The molecule has 1 atom stereocenters. The van der Waals surface area contributed by atoms with Gasteiger partial charge in [0.2, 0.25) is 11.9 Å². The second-order valence-corrected chi connectivity index (χ2v) is 7.65. The van der Waals surface area contributed by atoms with E-state index in [9.17, 15) is 19.2 Å². The van der Waals surface area contributed by atoms with Crippen LogP contribution in [-0.2, 0) is 9.53 Å². The minimum absolute atomic E-state index is 0.271. The fourth-order valence-corrected chi connectivity index (χ4v) is 2.85. The van der Waals surface area contributed by atoms with Gasteiger partial charge in [-0.2, -0.15) is 4.98 Å². The number of hydrogen-bond acceptors (Lipinski definition) is 9. The number of carbonyl (C=O) groups is 4. The molecule has 2 aromatic rings. The zero-order valence-corrected chi connectivity index (χ0v) is 20.5. The molecule has 1 unspecified atom stereocenters. The summed E-state index contributed by atoms with van der Waals surface area (Å²) in [6.07, 6.45) is 1.08. The second-order valence-electron chi connectivity index (χ2n) is 7.65. The van der Waals surface area contributed by atoms with E-state index in [4.69, 9.17) is 10.5 Å². The van der Waals surface area contributed by atoms with E-state index in [0.29, 0.717) is 36.6 Å². The van der Waals surface area contributed by atoms with Crippen molar-refractivity contribution < 1.29 is 23.9 Å². The molecule has 0 aliphatic heterocycles. The molecule has 0 saturated carbocycles. The van der Waals surface area contributed by atoms with Crippen LogP contribution in [0.5, 0.6) is 0 Å². The van der Waals surface area contributed by atoms with Gasteiger partial charge >= 0.3 is 6.09 Å². The molecule has 1 aromatic carbocycles. The maximum Gasteiger partial charge on any atom is 0.407 e. The Morgan fingerprint density at radius 1 is 1.06 bits per heavy atom. The lowest BCUT2D eigenvalue weighted by Crippen LogP contribution is -2.39. The Morgan fingerprint density at radius 3 is 2.39 bits per heavy atom. The minimum Gasteiger partial charge on any atom is -0.436 e. The first-order valence-corrected chi connectivity index (χ1v) is 11.5. The van der Waals surface area contributed by atoms with Crippen LogP contribution in [0, 0.1) is 0 Å². The lowest BCUT2D eigenvalue weighted by atomic mass is 10.2. The number of hydrogen-bond donors (Lipinski definition) is 6. The minimum atomic E-state index is -0.933. The predicted octanol–water partition coefficient (Wildman–Crippen LogP) is 1.12. The highest BCUT2D eigenvalue weighted by Gasteiger charge is 2.17. The van der Waals surface area contributed by atoms with E-state index >= 15 is 0 Å². The van der Waals surface area contributed by atoms with Crippen LogP contribution >= 0.6 is 0 Å². The summed E-state index contributed by atoms with van der Waals surface area (Å²) in [5.74, 6) is -0.682. The van der Waals surface area contributed by atoms with Crippen LogP contribution in [-0.4, -0.2) is 66.6 Å². The van der Waals surface area contributed by atoms with Crippen LogP contribution in [0.25, 0.3) is 0 Å². The highest BCUT2D eigenvalue weighted by atomic mass is 16.6. The van der Waals surface area contributed by atoms with Gasteiger partial charge in [-0.1, -0.05) is 6.92 Å². The monoisotopic (exact) mass is 500 g/mol. The third kappa shape index (κ3) is 8.74. The lowest BCUT2D eigenvalue weighted by Gasteiger charge is -2.14. The van der Waals surface area contributed by atoms with Crippen molar-refractivity contribution in [2.75, 3.05) is 37.3 Å². The summed E-state index contributed by atoms with van der Waals surface area (Å²) in [6, 6.07) is 6.52. The van der Waals surface area contributed by atoms with Crippen LogP contribution in [0.3, 0.4) is 0 Å². The summed E-state index contributed by atoms with van der Waals surface area (Å²) in [5.41, 5.74) is 6.56. The number of amides is 4. The molecular formula is C23H32N8O5. The number of ether oxygens (including phenoxy) is 1. The smallest absolute Gasteiger partial charge is 0.407 e. The summed E-state index contributed by atoms with van der Waals surface area (Å²) in [5, 5.41) is 13.8. The standard InChI is InChI=1S/C23H32N8O5/c1-4-10-26-19-17(13-29-22(31-19)30-16-8-6-15(7-9-16)18(24)32)21(34)28-12-5-11-27-20(33)14(2)36-23(35)25-3/h6-9,13-14H,4-5,10-12H2,1-3H3,(H2,24,32)(H,25,35)(H,27,33)(H,28,34)(H2,26,29,30,31). The number of carbonyl (C=O) groups excluding carboxylic acids is 4. The van der Waals surface area contributed by atoms with Crippen LogP contribution in [0.4, 0.5) is 22.2 Å². The number of alkyl carbamates (subject to hydrolysis) is 1. The van der Waals surface area contributed by atoms with Gasteiger partial charge in [0.1, 0.15) is 11.4 Å². The number of nitrogens with zero attached hydrogens (tertiary/aromatic N) is 2. The topological polar surface area (TPSA) is 189 Å². The van der Waals surface area contributed by atoms with Gasteiger partial charge in [0.15, 0.2) is 6.10 Å². The molecule has 0 bridgehead atoms. The molecule has 1 aromatic heterocycles. The Kier molecular flexibility index (Phi) is 10.9. The normalized spacial score (nSPS) is 11.1. The Labute approximate surface area is 209 Å². The molecule has 7 N–H and O–H groups in total. The van der Waals surface area contributed by atoms with Crippen molar-refractivity contribution in [1.82, 2.24) is 25.9 Å². The molecule has 0 aliphatic carbocycles. The van der Waals surface area contributed by atoms with Crippen molar-refractivity contribution in [3.8, 4) is 0 Å². The SMILES string of the molecule is CCCNc1nc(Nc2ccc(C(N)=O)cc2)ncc1C(=O)NCCCNC(=O)C(C)OC(=O)NC. The average Bonchev–Trinajstić information content (AvgIpc) is 2.87. The van der Waals surface area contributed by atoms with Crippen LogP contribution in [0.15, 0.2) is 30.5 Å². The van der Waals surface area contributed by atoms with Crippen molar-refractivity contribution in [3.05, 3.63) is 41.6 Å². The Bertz CT molecular complexity index is 1060. The Balaban J connectivity index is 1.92. The van der Waals surface area contributed by atoms with Gasteiger partial charge < -0.3 is 37.1 Å². The maximum atomic E-state index is 12.7. The fourth-order valence-electron chi connectivity index (χ4n) is 2.85. The van der Waals surface area contributed by atoms with Gasteiger partial charge in [-0.05, 0) is 44.0 Å². The van der Waals surface area contributed by atoms with Crippen LogP contribution in [0.1, 0.15) is 47.4 Å². The second kappa shape index (κ2) is 14.1. The van der Waals surface area contributed by atoms with Gasteiger partial charge in [0, 0.05) is 44.1 Å². The Hall–Kier alpha value is -4.42. The third-order valence-corrected chi connectivity index (χ3v) is 4.80. The maximum absolute atomic E-state index is 12.7. The van der Waals surface area contributed by atoms with Crippen molar-refractivity contribution >= 4 is 41.3 Å². The molecule has 4 amide bonds. The first-order valence-electron chi connectivity index (χ1n) is 11.5. The van der Waals surface area contributed by atoms with Gasteiger partial charge in [-0.15, -0.1) is 0 Å². The molecular weight excluding hydrogens is 468 g/mol. The number of nitrogens with two attached hydrogens (primary N) is 1. The number of rotatable bonds is 13. The summed E-state index contributed by atoms with van der Waals surface area (Å²) in [6.45, 7) is 4.64. The Morgan fingerprint density at radius 2 is 1.75 bits per heavy atom. The molecule has 1 heterocycles. The van der Waals surface area contributed by atoms with Gasteiger partial charge in [0.25, 0.3) is 11.8 Å². The summed E-state index contributed by atoms with van der Waals surface area (Å²) < 4.78 is 4.85. The van der Waals surface area contributed by atoms with Gasteiger partial charge in [-0.25, -0.2) is 9.78 Å². The molecule has 13 nitrogen and oxygen atoms in total. The van der Waals surface area contributed by atoms with Gasteiger partial charge in [0.05, 0.1) is 0 Å². The van der Waals surface area contributed by atoms with Crippen LogP contribution < -0.4 is 32.3 Å². The molecule has 36 heavy (non-hydrogen) atoms. The van der Waals surface area contributed by atoms with E-state index in [0.717, 1.165) is 6.42 Å². The van der Waals surface area contributed by atoms with Crippen molar-refractivity contribution in [2.45, 2.75) is 32.8 Å². The van der Waals surface area contributed by atoms with Gasteiger partial charge in [-0.3, -0.25) is 14.4 Å². The number of primary amides is 1. The number of anilines is 3. The number of aromatic nitrogens is 2. The van der Waals surface area contributed by atoms with E-state index in [1.165, 1.54) is 20.2 Å². The first-order chi connectivity index (χ1) is 17.2. The highest BCUT2D eigenvalue weighted by Crippen LogP contribution is 2.18. The summed E-state index contributed by atoms with van der Waals surface area (Å²) >= 11 is 0. The third-order valence-electron chi connectivity index (χ3n) is 4.80. The number of nitrogens with one attached hydrogen (secondary N) is 5. The molecule has 2 rings (SSSR count). The average molecular weight is 501 g/mol. The molecule has 13 heteroatoms. The molecule has 0 aliphatic rings.